The van der Waals surface area contributed by atoms with E-state index < -0.39 is 0 Å². The van der Waals surface area contributed by atoms with Crippen molar-refractivity contribution in [2.24, 2.45) is 5.73 Å². The zero-order valence-electron chi connectivity index (χ0n) is 11.3. The maximum absolute atomic E-state index is 6.15. The van der Waals surface area contributed by atoms with Gasteiger partial charge in [-0.15, -0.1) is 0 Å². The van der Waals surface area contributed by atoms with Crippen LogP contribution in [0.3, 0.4) is 0 Å². The Labute approximate surface area is 105 Å². The number of benzene rings is 1. The summed E-state index contributed by atoms with van der Waals surface area (Å²) in [6, 6.07) is 8.41. The molecule has 17 heavy (non-hydrogen) atoms. The van der Waals surface area contributed by atoms with Crippen molar-refractivity contribution >= 4 is 0 Å². The molecule has 1 aromatic carbocycles. The number of methoxy groups -OCH3 is 1. The number of hydrogen-bond donors (Lipinski definition) is 1. The van der Waals surface area contributed by atoms with Gasteiger partial charge >= 0.3 is 0 Å². The molecule has 0 aromatic heterocycles. The summed E-state index contributed by atoms with van der Waals surface area (Å²) >= 11 is 0. The normalized spacial score (nSPS) is 14.7. The second kappa shape index (κ2) is 6.62. The molecular weight excluding hydrogens is 212 g/mol. The average Bonchev–Trinajstić information content (AvgIpc) is 2.35. The molecule has 0 aliphatic heterocycles. The first-order chi connectivity index (χ1) is 8.15. The van der Waals surface area contributed by atoms with Crippen LogP contribution in [0, 0.1) is 0 Å². The summed E-state index contributed by atoms with van der Waals surface area (Å²) in [5.41, 5.74) is 7.32. The third-order valence-corrected chi connectivity index (χ3v) is 3.16. The molecule has 0 heterocycles. The third kappa shape index (κ3) is 3.20. The summed E-state index contributed by atoms with van der Waals surface area (Å²) < 4.78 is 5.43. The van der Waals surface area contributed by atoms with Crippen molar-refractivity contribution < 1.29 is 4.74 Å². The minimum atomic E-state index is 0.0752. The van der Waals surface area contributed by atoms with E-state index in [-0.39, 0.29) is 12.1 Å². The van der Waals surface area contributed by atoms with Gasteiger partial charge in [-0.2, -0.15) is 0 Å². The van der Waals surface area contributed by atoms with E-state index in [1.807, 2.05) is 18.2 Å². The van der Waals surface area contributed by atoms with Crippen molar-refractivity contribution in [2.75, 3.05) is 20.2 Å². The molecule has 0 bridgehead atoms. The molecule has 2 N–H and O–H groups in total. The van der Waals surface area contributed by atoms with Gasteiger partial charge in [-0.05, 0) is 26.1 Å². The molecule has 0 saturated carbocycles. The van der Waals surface area contributed by atoms with Crippen molar-refractivity contribution in [1.29, 1.82) is 0 Å². The summed E-state index contributed by atoms with van der Waals surface area (Å²) in [7, 11) is 1.71. The zero-order valence-corrected chi connectivity index (χ0v) is 11.3. The van der Waals surface area contributed by atoms with E-state index in [4.69, 9.17) is 10.5 Å². The first kappa shape index (κ1) is 14.0. The monoisotopic (exact) mass is 236 g/mol. The van der Waals surface area contributed by atoms with E-state index in [0.717, 1.165) is 18.8 Å². The van der Waals surface area contributed by atoms with E-state index in [2.05, 4.69) is 31.7 Å². The fraction of sp³-hybridized carbons (Fsp3) is 0.571. The van der Waals surface area contributed by atoms with Gasteiger partial charge in [-0.3, -0.25) is 4.90 Å². The minimum absolute atomic E-state index is 0.0752. The first-order valence-corrected chi connectivity index (χ1v) is 6.28. The molecule has 3 heteroatoms. The Bertz CT molecular complexity index is 335. The van der Waals surface area contributed by atoms with Gasteiger partial charge in [0.2, 0.25) is 0 Å². The molecule has 0 aliphatic rings. The van der Waals surface area contributed by atoms with Crippen LogP contribution in [-0.2, 0) is 0 Å². The third-order valence-electron chi connectivity index (χ3n) is 3.16. The molecule has 96 valence electrons. The quantitative estimate of drug-likeness (QED) is 0.824. The van der Waals surface area contributed by atoms with Crippen LogP contribution in [0.2, 0.25) is 0 Å². The van der Waals surface area contributed by atoms with Crippen molar-refractivity contribution in [3.8, 4) is 5.75 Å². The van der Waals surface area contributed by atoms with Gasteiger partial charge in [-0.1, -0.05) is 32.0 Å². The first-order valence-electron chi connectivity index (χ1n) is 6.28. The van der Waals surface area contributed by atoms with Crippen LogP contribution in [0.25, 0.3) is 0 Å². The highest BCUT2D eigenvalue weighted by Crippen LogP contribution is 2.30. The summed E-state index contributed by atoms with van der Waals surface area (Å²) in [6.07, 6.45) is 0. The molecular formula is C14H24N2O. The van der Waals surface area contributed by atoms with Crippen LogP contribution in [-0.4, -0.2) is 31.1 Å². The highest BCUT2D eigenvalue weighted by atomic mass is 16.5. The molecule has 0 spiro atoms. The Morgan fingerprint density at radius 3 is 2.29 bits per heavy atom. The predicted molar refractivity (Wildman–Crippen MR) is 72.3 cm³/mol. The highest BCUT2D eigenvalue weighted by molar-refractivity contribution is 5.36. The fourth-order valence-electron chi connectivity index (χ4n) is 2.34. The van der Waals surface area contributed by atoms with Gasteiger partial charge in [0.1, 0.15) is 5.75 Å². The number of ether oxygens (including phenoxy) is 1. The molecule has 0 radical (unpaired) electrons. The molecule has 0 amide bonds. The zero-order chi connectivity index (χ0) is 12.8. The lowest BCUT2D eigenvalue weighted by molar-refractivity contribution is 0.191. The van der Waals surface area contributed by atoms with Gasteiger partial charge in [0.05, 0.1) is 13.2 Å². The Hall–Kier alpha value is -1.06. The number of hydrogen-bond acceptors (Lipinski definition) is 3. The van der Waals surface area contributed by atoms with Crippen molar-refractivity contribution in [1.82, 2.24) is 4.90 Å². The van der Waals surface area contributed by atoms with E-state index in [0.29, 0.717) is 0 Å². The van der Waals surface area contributed by atoms with Gasteiger partial charge in [0.25, 0.3) is 0 Å². The topological polar surface area (TPSA) is 38.5 Å². The number of nitrogens with two attached hydrogens (primary N) is 1. The molecule has 0 aliphatic carbocycles. The number of rotatable bonds is 6. The standard InChI is InChI=1S/C14H24N2O/c1-5-16(6-2)14(11(3)15)12-9-7-8-10-13(12)17-4/h7-11,14H,5-6,15H2,1-4H3. The second-order valence-electron chi connectivity index (χ2n) is 4.27. The number of nitrogens with zero attached hydrogens (tertiary/aromatic N) is 1. The van der Waals surface area contributed by atoms with Crippen LogP contribution in [0.4, 0.5) is 0 Å². The van der Waals surface area contributed by atoms with E-state index in [9.17, 15) is 0 Å². The van der Waals surface area contributed by atoms with Gasteiger partial charge in [0, 0.05) is 11.6 Å². The lowest BCUT2D eigenvalue weighted by Crippen LogP contribution is -2.39. The Morgan fingerprint density at radius 2 is 1.82 bits per heavy atom. The molecule has 2 atom stereocenters. The van der Waals surface area contributed by atoms with E-state index in [1.54, 1.807) is 7.11 Å². The fourth-order valence-corrected chi connectivity index (χ4v) is 2.34. The molecule has 1 rings (SSSR count). The second-order valence-corrected chi connectivity index (χ2v) is 4.27. The van der Waals surface area contributed by atoms with Crippen LogP contribution < -0.4 is 10.5 Å². The predicted octanol–water partition coefficient (Wildman–Crippen LogP) is 2.43. The largest absolute Gasteiger partial charge is 0.496 e. The Balaban J connectivity index is 3.13. The molecule has 2 unspecified atom stereocenters. The van der Waals surface area contributed by atoms with Crippen molar-refractivity contribution in [3.63, 3.8) is 0 Å². The highest BCUT2D eigenvalue weighted by Gasteiger charge is 2.24. The Morgan fingerprint density at radius 1 is 1.24 bits per heavy atom. The van der Waals surface area contributed by atoms with Gasteiger partial charge < -0.3 is 10.5 Å². The molecule has 0 fully saturated rings. The average molecular weight is 236 g/mol. The Kier molecular flexibility index (Phi) is 5.45. The lowest BCUT2D eigenvalue weighted by Gasteiger charge is -2.33. The summed E-state index contributed by atoms with van der Waals surface area (Å²) in [6.45, 7) is 8.35. The van der Waals surface area contributed by atoms with Crippen LogP contribution in [0.15, 0.2) is 24.3 Å². The number of para-hydroxylation sites is 1. The van der Waals surface area contributed by atoms with Gasteiger partial charge in [-0.25, -0.2) is 0 Å². The van der Waals surface area contributed by atoms with E-state index >= 15 is 0 Å². The summed E-state index contributed by atoms with van der Waals surface area (Å²) in [5, 5.41) is 0. The van der Waals surface area contributed by atoms with Crippen LogP contribution >= 0.6 is 0 Å². The molecule has 0 saturated heterocycles. The molecule has 1 aromatic rings. The lowest BCUT2D eigenvalue weighted by atomic mass is 9.98. The summed E-state index contributed by atoms with van der Waals surface area (Å²) in [5.74, 6) is 0.918. The number of likely N-dealkylation sites (N-methyl/N-ethyl adjacent to an activating group) is 1. The SMILES string of the molecule is CCN(CC)C(c1ccccc1OC)C(C)N. The maximum atomic E-state index is 6.15. The van der Waals surface area contributed by atoms with Crippen LogP contribution in [0.5, 0.6) is 5.75 Å². The maximum Gasteiger partial charge on any atom is 0.123 e. The van der Waals surface area contributed by atoms with Gasteiger partial charge in [0.15, 0.2) is 0 Å². The molecule has 3 nitrogen and oxygen atoms in total. The van der Waals surface area contributed by atoms with Crippen LogP contribution in [0.1, 0.15) is 32.4 Å². The van der Waals surface area contributed by atoms with E-state index in [1.165, 1.54) is 5.56 Å². The minimum Gasteiger partial charge on any atom is -0.496 e. The van der Waals surface area contributed by atoms with Crippen molar-refractivity contribution in [2.45, 2.75) is 32.9 Å². The summed E-state index contributed by atoms with van der Waals surface area (Å²) in [4.78, 5) is 2.36. The smallest absolute Gasteiger partial charge is 0.123 e. The van der Waals surface area contributed by atoms with Crippen molar-refractivity contribution in [3.05, 3.63) is 29.8 Å².